The first kappa shape index (κ1) is 56.5. The number of rotatable bonds is 24. The number of carbonyl (C=O) groups is 9. The topological polar surface area (TPSA) is 238 Å². The van der Waals surface area contributed by atoms with E-state index in [1.807, 2.05) is 27.7 Å². The van der Waals surface area contributed by atoms with E-state index in [1.165, 1.54) is 66.5 Å². The number of nitrogens with zero attached hydrogens (tertiary/aromatic N) is 5. The van der Waals surface area contributed by atoms with Gasteiger partial charge >= 0.3 is 5.97 Å². The molecule has 5 N–H and O–H groups in total. The highest BCUT2D eigenvalue weighted by molar-refractivity contribution is 5.97. The van der Waals surface area contributed by atoms with E-state index < -0.39 is 102 Å². The molecule has 0 bridgehead atoms. The van der Waals surface area contributed by atoms with Gasteiger partial charge in [0.2, 0.25) is 47.3 Å². The Morgan fingerprint density at radius 1 is 0.682 bits per heavy atom. The maximum atomic E-state index is 14.5. The highest BCUT2D eigenvalue weighted by Crippen LogP contribution is 2.23. The van der Waals surface area contributed by atoms with Crippen LogP contribution in [0.4, 0.5) is 0 Å². The van der Waals surface area contributed by atoms with Crippen LogP contribution in [0, 0.1) is 17.8 Å². The van der Waals surface area contributed by atoms with Crippen molar-refractivity contribution < 1.29 is 48.3 Å². The SMILES string of the molecule is CN[C@@H](C)C(=O)N[C@@H](CC(C)C)C(=O)N(C)CC(=O)N(C)[C@@H](C)C(=O)N[C@@H](CC(C)C)C(=O)N(C)[C@@H](Cc1ccccc1)C(=O)N[C@@H](C)C(=O)N(C)[C@H](C(=O)N1CCC[C@H]1C(=O)O)C(C)C. The van der Waals surface area contributed by atoms with Crippen LogP contribution < -0.4 is 21.3 Å². The summed E-state index contributed by atoms with van der Waals surface area (Å²) in [5.74, 6) is -5.93. The summed E-state index contributed by atoms with van der Waals surface area (Å²) in [6.07, 6.45) is 1.39. The summed E-state index contributed by atoms with van der Waals surface area (Å²) in [5.41, 5.74) is 0.713. The van der Waals surface area contributed by atoms with Crippen LogP contribution in [0.3, 0.4) is 0 Å². The molecule has 0 aliphatic carbocycles. The molecule has 0 spiro atoms. The molecular formula is C47H77N9O10. The van der Waals surface area contributed by atoms with Crippen LogP contribution in [0.5, 0.6) is 0 Å². The Hall–Kier alpha value is -5.59. The summed E-state index contributed by atoms with van der Waals surface area (Å²) in [6.45, 7) is 15.5. The quantitative estimate of drug-likeness (QED) is 0.0984. The van der Waals surface area contributed by atoms with Gasteiger partial charge < -0.3 is 50.9 Å². The second-order valence-electron chi connectivity index (χ2n) is 18.8. The smallest absolute Gasteiger partial charge is 0.326 e. The minimum absolute atomic E-state index is 0.0444. The molecule has 1 saturated heterocycles. The Balaban J connectivity index is 2.31. The number of aliphatic carboxylic acids is 1. The molecule has 0 unspecified atom stereocenters. The van der Waals surface area contributed by atoms with Gasteiger partial charge in [0.05, 0.1) is 12.6 Å². The van der Waals surface area contributed by atoms with E-state index in [4.69, 9.17) is 0 Å². The predicted molar refractivity (Wildman–Crippen MR) is 249 cm³/mol. The minimum atomic E-state index is -1.17. The molecule has 1 fully saturated rings. The fourth-order valence-corrected chi connectivity index (χ4v) is 7.97. The van der Waals surface area contributed by atoms with Crippen LogP contribution in [0.1, 0.15) is 93.6 Å². The summed E-state index contributed by atoms with van der Waals surface area (Å²) >= 11 is 0. The zero-order chi connectivity index (χ0) is 50.3. The zero-order valence-electron chi connectivity index (χ0n) is 41.5. The van der Waals surface area contributed by atoms with Gasteiger partial charge in [0, 0.05) is 41.2 Å². The first-order chi connectivity index (χ1) is 30.7. The summed E-state index contributed by atoms with van der Waals surface area (Å²) in [6, 6.07) is 0.984. The number of carboxylic acid groups (broad SMARTS) is 1. The summed E-state index contributed by atoms with van der Waals surface area (Å²) in [4.78, 5) is 128. The lowest BCUT2D eigenvalue weighted by Gasteiger charge is -2.36. The number of carbonyl (C=O) groups excluding carboxylic acids is 8. The molecule has 370 valence electrons. The predicted octanol–water partition coefficient (Wildman–Crippen LogP) is 1.09. The number of carboxylic acids is 1. The second kappa shape index (κ2) is 25.9. The molecule has 19 heteroatoms. The Morgan fingerprint density at radius 2 is 1.23 bits per heavy atom. The molecule has 2 rings (SSSR count). The number of likely N-dealkylation sites (tertiary alicyclic amines) is 1. The molecule has 1 aromatic rings. The van der Waals surface area contributed by atoms with Crippen LogP contribution in [-0.4, -0.2) is 179 Å². The summed E-state index contributed by atoms with van der Waals surface area (Å²) < 4.78 is 0. The van der Waals surface area contributed by atoms with Crippen LogP contribution >= 0.6 is 0 Å². The van der Waals surface area contributed by atoms with Gasteiger partial charge in [-0.3, -0.25) is 38.4 Å². The van der Waals surface area contributed by atoms with Crippen molar-refractivity contribution in [1.82, 2.24) is 45.8 Å². The molecule has 1 aliphatic heterocycles. The van der Waals surface area contributed by atoms with Crippen molar-refractivity contribution in [2.45, 2.75) is 143 Å². The van der Waals surface area contributed by atoms with E-state index in [9.17, 15) is 48.3 Å². The Kier molecular flexibility index (Phi) is 22.2. The number of hydrogen-bond acceptors (Lipinski definition) is 10. The average molecular weight is 928 g/mol. The first-order valence-electron chi connectivity index (χ1n) is 22.9. The van der Waals surface area contributed by atoms with E-state index in [2.05, 4.69) is 21.3 Å². The standard InChI is InChI=1S/C47H77N9O10/c1-27(2)23-34(50-40(58)30(7)48-10)44(62)52(11)26-38(57)53(12)32(9)41(59)51-35(24-28(3)4)45(63)54(13)37(25-33-19-16-15-17-20-33)42(60)49-31(8)43(61)55(14)39(29(5)6)46(64)56-22-18-21-36(56)47(65)66/h15-17,19-20,27-32,34-37,39,48H,18,21-26H2,1-14H3,(H,49,60)(H,50,58)(H,51,59)(H,65,66)/t30-,31-,32-,34-,35-,36-,37-,39-/m0/s1. The van der Waals surface area contributed by atoms with Crippen molar-refractivity contribution >= 4 is 53.2 Å². The number of likely N-dealkylation sites (N-methyl/N-ethyl adjacent to an activating group) is 5. The van der Waals surface area contributed by atoms with Gasteiger partial charge in [0.15, 0.2) is 0 Å². The zero-order valence-corrected chi connectivity index (χ0v) is 41.5. The third kappa shape index (κ3) is 15.8. The van der Waals surface area contributed by atoms with E-state index in [0.717, 1.165) is 0 Å². The van der Waals surface area contributed by atoms with Crippen LogP contribution in [-0.2, 0) is 49.6 Å². The first-order valence-corrected chi connectivity index (χ1v) is 22.9. The van der Waals surface area contributed by atoms with Crippen molar-refractivity contribution in [3.05, 3.63) is 35.9 Å². The highest BCUT2D eigenvalue weighted by Gasteiger charge is 2.42. The van der Waals surface area contributed by atoms with Crippen molar-refractivity contribution in [3.8, 4) is 0 Å². The Bertz CT molecular complexity index is 1860. The molecule has 19 nitrogen and oxygen atoms in total. The highest BCUT2D eigenvalue weighted by atomic mass is 16.4. The lowest BCUT2D eigenvalue weighted by atomic mass is 9.99. The average Bonchev–Trinajstić information content (AvgIpc) is 3.76. The van der Waals surface area contributed by atoms with E-state index >= 15 is 0 Å². The molecule has 66 heavy (non-hydrogen) atoms. The molecule has 1 heterocycles. The van der Waals surface area contributed by atoms with Gasteiger partial charge in [0.1, 0.15) is 42.3 Å². The molecular weight excluding hydrogens is 851 g/mol. The van der Waals surface area contributed by atoms with E-state index in [1.54, 1.807) is 58.2 Å². The van der Waals surface area contributed by atoms with Crippen LogP contribution in [0.25, 0.3) is 0 Å². The second-order valence-corrected chi connectivity index (χ2v) is 18.8. The Labute approximate surface area is 391 Å². The van der Waals surface area contributed by atoms with Crippen molar-refractivity contribution in [2.75, 3.05) is 48.3 Å². The van der Waals surface area contributed by atoms with Crippen molar-refractivity contribution in [3.63, 3.8) is 0 Å². The maximum absolute atomic E-state index is 14.5. The number of benzene rings is 1. The lowest BCUT2D eigenvalue weighted by Crippen LogP contribution is -2.60. The van der Waals surface area contributed by atoms with Crippen molar-refractivity contribution in [2.24, 2.45) is 17.8 Å². The maximum Gasteiger partial charge on any atom is 0.326 e. The van der Waals surface area contributed by atoms with Gasteiger partial charge in [-0.2, -0.15) is 0 Å². The molecule has 0 radical (unpaired) electrons. The monoisotopic (exact) mass is 928 g/mol. The fraction of sp³-hybridized carbons (Fsp3) is 0.681. The molecule has 1 aliphatic rings. The number of amides is 8. The number of hydrogen-bond donors (Lipinski definition) is 5. The van der Waals surface area contributed by atoms with Gasteiger partial charge in [-0.15, -0.1) is 0 Å². The largest absolute Gasteiger partial charge is 0.480 e. The third-order valence-electron chi connectivity index (χ3n) is 12.2. The van der Waals surface area contributed by atoms with Crippen LogP contribution in [0.2, 0.25) is 0 Å². The molecule has 8 amide bonds. The van der Waals surface area contributed by atoms with Gasteiger partial charge in [-0.1, -0.05) is 71.9 Å². The molecule has 0 aromatic heterocycles. The number of nitrogens with one attached hydrogen (secondary N) is 4. The van der Waals surface area contributed by atoms with Crippen molar-refractivity contribution in [1.29, 1.82) is 0 Å². The third-order valence-corrected chi connectivity index (χ3v) is 12.2. The van der Waals surface area contributed by atoms with E-state index in [0.29, 0.717) is 24.8 Å². The van der Waals surface area contributed by atoms with E-state index in [-0.39, 0.29) is 43.7 Å². The van der Waals surface area contributed by atoms with Gasteiger partial charge in [0.25, 0.3) is 0 Å². The summed E-state index contributed by atoms with van der Waals surface area (Å²) in [7, 11) is 7.37. The molecule has 1 aromatic carbocycles. The van der Waals surface area contributed by atoms with Gasteiger partial charge in [-0.05, 0) is 76.8 Å². The summed E-state index contributed by atoms with van der Waals surface area (Å²) in [5, 5.41) is 20.9. The molecule has 8 atom stereocenters. The fourth-order valence-electron chi connectivity index (χ4n) is 7.97. The van der Waals surface area contributed by atoms with Crippen LogP contribution in [0.15, 0.2) is 30.3 Å². The normalized spacial score (nSPS) is 16.9. The van der Waals surface area contributed by atoms with Gasteiger partial charge in [-0.25, -0.2) is 4.79 Å². The lowest BCUT2D eigenvalue weighted by molar-refractivity contribution is -0.154. The molecule has 0 saturated carbocycles. The minimum Gasteiger partial charge on any atom is -0.480 e. The Morgan fingerprint density at radius 3 is 1.74 bits per heavy atom.